The molecule has 0 aliphatic heterocycles. The Labute approximate surface area is 135 Å². The fourth-order valence-electron chi connectivity index (χ4n) is 2.09. The van der Waals surface area contributed by atoms with Crippen LogP contribution in [0.5, 0.6) is 0 Å². The molecule has 2 aromatic heterocycles. The molecule has 0 spiro atoms. The van der Waals surface area contributed by atoms with E-state index in [1.807, 2.05) is 0 Å². The van der Waals surface area contributed by atoms with Gasteiger partial charge in [0.25, 0.3) is 5.91 Å². The molecule has 3 N–H and O–H groups in total. The van der Waals surface area contributed by atoms with Gasteiger partial charge in [0, 0.05) is 11.8 Å². The lowest BCUT2D eigenvalue weighted by Crippen LogP contribution is -2.29. The van der Waals surface area contributed by atoms with E-state index in [4.69, 9.17) is 9.26 Å². The third-order valence-corrected chi connectivity index (χ3v) is 3.27. The lowest BCUT2D eigenvalue weighted by atomic mass is 10.2. The second kappa shape index (κ2) is 6.03. The van der Waals surface area contributed by atoms with Gasteiger partial charge < -0.3 is 24.5 Å². The zero-order valence-corrected chi connectivity index (χ0v) is 12.9. The minimum Gasteiger partial charge on any atom is -0.447 e. The zero-order valence-electron chi connectivity index (χ0n) is 12.9. The second-order valence-corrected chi connectivity index (χ2v) is 5.21. The minimum atomic E-state index is -1.04. The van der Waals surface area contributed by atoms with Crippen LogP contribution in [0.25, 0.3) is 11.0 Å². The quantitative estimate of drug-likeness (QED) is 0.619. The number of anilines is 1. The Kier molecular flexibility index (Phi) is 3.90. The Hall–Kier alpha value is -3.36. The molecule has 0 aliphatic carbocycles. The molecule has 0 bridgehead atoms. The maximum absolute atomic E-state index is 12.1. The van der Waals surface area contributed by atoms with Gasteiger partial charge in [0.2, 0.25) is 5.76 Å². The summed E-state index contributed by atoms with van der Waals surface area (Å²) >= 11 is 0. The molecule has 9 nitrogen and oxygen atoms in total. The van der Waals surface area contributed by atoms with Gasteiger partial charge in [-0.05, 0) is 32.0 Å². The number of hydrogen-bond donors (Lipinski definition) is 3. The van der Waals surface area contributed by atoms with Crippen LogP contribution in [-0.4, -0.2) is 33.1 Å². The first-order valence-corrected chi connectivity index (χ1v) is 7.09. The van der Waals surface area contributed by atoms with E-state index in [-0.39, 0.29) is 11.4 Å². The number of esters is 1. The molecular formula is C15H14N4O5. The number of carbonyl (C=O) groups excluding carboxylic acids is 2. The molecule has 0 unspecified atom stereocenters. The van der Waals surface area contributed by atoms with E-state index in [9.17, 15) is 14.4 Å². The molecule has 1 atom stereocenters. The number of H-pyrrole nitrogens is 2. The van der Waals surface area contributed by atoms with Crippen LogP contribution in [0.4, 0.5) is 5.69 Å². The number of imidazole rings is 1. The maximum Gasteiger partial charge on any atom is 0.377 e. The van der Waals surface area contributed by atoms with E-state index in [2.05, 4.69) is 20.4 Å². The van der Waals surface area contributed by atoms with E-state index in [0.717, 1.165) is 0 Å². The largest absolute Gasteiger partial charge is 0.447 e. The molecule has 0 saturated carbocycles. The Balaban J connectivity index is 1.66. The first-order valence-electron chi connectivity index (χ1n) is 7.09. The number of aromatic amines is 2. The molecule has 1 aromatic carbocycles. The summed E-state index contributed by atoms with van der Waals surface area (Å²) in [6, 6.07) is 6.29. The monoisotopic (exact) mass is 330 g/mol. The smallest absolute Gasteiger partial charge is 0.377 e. The van der Waals surface area contributed by atoms with Crippen molar-refractivity contribution in [3.05, 3.63) is 46.2 Å². The predicted molar refractivity (Wildman–Crippen MR) is 83.7 cm³/mol. The molecule has 3 aromatic rings. The lowest BCUT2D eigenvalue weighted by molar-refractivity contribution is -0.123. The number of ether oxygens (including phenoxy) is 1. The Morgan fingerprint density at radius 3 is 2.71 bits per heavy atom. The van der Waals surface area contributed by atoms with Crippen LogP contribution in [0.3, 0.4) is 0 Å². The molecule has 0 radical (unpaired) electrons. The number of benzene rings is 1. The summed E-state index contributed by atoms with van der Waals surface area (Å²) in [5.41, 5.74) is 1.84. The van der Waals surface area contributed by atoms with Gasteiger partial charge in [0.05, 0.1) is 16.7 Å². The average Bonchev–Trinajstić information content (AvgIpc) is 3.11. The molecule has 0 aliphatic rings. The number of nitrogens with one attached hydrogen (secondary N) is 3. The van der Waals surface area contributed by atoms with E-state index in [0.29, 0.717) is 22.4 Å². The van der Waals surface area contributed by atoms with Crippen molar-refractivity contribution in [2.75, 3.05) is 5.32 Å². The fourth-order valence-corrected chi connectivity index (χ4v) is 2.09. The summed E-state index contributed by atoms with van der Waals surface area (Å²) in [6.45, 7) is 3.10. The summed E-state index contributed by atoms with van der Waals surface area (Å²) in [5.74, 6) is -1.36. The molecule has 1 amide bonds. The van der Waals surface area contributed by atoms with E-state index >= 15 is 0 Å². The van der Waals surface area contributed by atoms with Crippen LogP contribution in [-0.2, 0) is 9.53 Å². The van der Waals surface area contributed by atoms with Crippen LogP contribution in [0, 0.1) is 6.92 Å². The Morgan fingerprint density at radius 2 is 2.00 bits per heavy atom. The molecule has 9 heteroatoms. The minimum absolute atomic E-state index is 0.0709. The van der Waals surface area contributed by atoms with Gasteiger partial charge in [-0.3, -0.25) is 4.79 Å². The first-order chi connectivity index (χ1) is 11.4. The summed E-state index contributed by atoms with van der Waals surface area (Å²) in [6.07, 6.45) is -1.04. The van der Waals surface area contributed by atoms with E-state index in [1.165, 1.54) is 13.0 Å². The summed E-state index contributed by atoms with van der Waals surface area (Å²) in [7, 11) is 0. The van der Waals surface area contributed by atoms with E-state index < -0.39 is 18.0 Å². The molecule has 24 heavy (non-hydrogen) atoms. The number of hydrogen-bond acceptors (Lipinski definition) is 6. The van der Waals surface area contributed by atoms with Crippen molar-refractivity contribution in [2.45, 2.75) is 20.0 Å². The third kappa shape index (κ3) is 3.19. The molecular weight excluding hydrogens is 316 g/mol. The van der Waals surface area contributed by atoms with Gasteiger partial charge in [-0.25, -0.2) is 9.59 Å². The number of carbonyl (C=O) groups is 2. The highest BCUT2D eigenvalue weighted by Gasteiger charge is 2.21. The maximum atomic E-state index is 12.1. The fraction of sp³-hybridized carbons (Fsp3) is 0.200. The molecule has 2 heterocycles. The van der Waals surface area contributed by atoms with Crippen molar-refractivity contribution in [3.8, 4) is 0 Å². The molecule has 124 valence electrons. The number of aryl methyl sites for hydroxylation is 1. The van der Waals surface area contributed by atoms with Crippen molar-refractivity contribution < 1.29 is 18.8 Å². The first kappa shape index (κ1) is 15.5. The van der Waals surface area contributed by atoms with Crippen molar-refractivity contribution >= 4 is 28.6 Å². The summed E-state index contributed by atoms with van der Waals surface area (Å²) in [5, 5.41) is 6.19. The number of fused-ring (bicyclic) bond motifs is 1. The number of aromatic nitrogens is 3. The van der Waals surface area contributed by atoms with Crippen molar-refractivity contribution in [2.24, 2.45) is 0 Å². The van der Waals surface area contributed by atoms with E-state index in [1.54, 1.807) is 25.1 Å². The lowest BCUT2D eigenvalue weighted by Gasteiger charge is -2.12. The van der Waals surface area contributed by atoms with Gasteiger partial charge in [-0.15, -0.1) is 0 Å². The SMILES string of the molecule is Cc1cc(C(=O)O[C@H](C)C(=O)Nc2ccc3[nH]c(=O)[nH]c3c2)on1. The van der Waals surface area contributed by atoms with Crippen LogP contribution < -0.4 is 11.0 Å². The van der Waals surface area contributed by atoms with Crippen LogP contribution in [0.2, 0.25) is 0 Å². The van der Waals surface area contributed by atoms with Crippen LogP contribution in [0.15, 0.2) is 33.6 Å². The molecule has 3 rings (SSSR count). The highest BCUT2D eigenvalue weighted by atomic mass is 16.6. The second-order valence-electron chi connectivity index (χ2n) is 5.21. The van der Waals surface area contributed by atoms with Gasteiger partial charge in [-0.2, -0.15) is 0 Å². The third-order valence-electron chi connectivity index (χ3n) is 3.27. The van der Waals surface area contributed by atoms with Crippen molar-refractivity contribution in [1.82, 2.24) is 15.1 Å². The standard InChI is InChI=1S/C15H14N4O5/c1-7-5-12(24-19-7)14(21)23-8(2)13(20)16-9-3-4-10-11(6-9)18-15(22)17-10/h3-6,8H,1-2H3,(H,16,20)(H2,17,18,22)/t8-/m1/s1. The van der Waals surface area contributed by atoms with Gasteiger partial charge in [0.1, 0.15) is 0 Å². The normalized spacial score (nSPS) is 12.1. The Morgan fingerprint density at radius 1 is 1.25 bits per heavy atom. The Bertz CT molecular complexity index is 968. The predicted octanol–water partition coefficient (Wildman–Crippen LogP) is 1.34. The van der Waals surface area contributed by atoms with Crippen LogP contribution >= 0.6 is 0 Å². The topological polar surface area (TPSA) is 130 Å². The van der Waals surface area contributed by atoms with Gasteiger partial charge in [0.15, 0.2) is 6.10 Å². The van der Waals surface area contributed by atoms with Crippen molar-refractivity contribution in [3.63, 3.8) is 0 Å². The zero-order chi connectivity index (χ0) is 17.3. The van der Waals surface area contributed by atoms with Gasteiger partial charge >= 0.3 is 11.7 Å². The highest BCUT2D eigenvalue weighted by molar-refractivity contribution is 5.97. The highest BCUT2D eigenvalue weighted by Crippen LogP contribution is 2.15. The number of rotatable bonds is 4. The van der Waals surface area contributed by atoms with Gasteiger partial charge in [-0.1, -0.05) is 5.16 Å². The molecule has 0 fully saturated rings. The number of amides is 1. The van der Waals surface area contributed by atoms with Crippen molar-refractivity contribution in [1.29, 1.82) is 0 Å². The summed E-state index contributed by atoms with van der Waals surface area (Å²) < 4.78 is 9.81. The molecule has 0 saturated heterocycles. The summed E-state index contributed by atoms with van der Waals surface area (Å²) in [4.78, 5) is 40.3. The average molecular weight is 330 g/mol. The number of nitrogens with zero attached hydrogens (tertiary/aromatic N) is 1. The van der Waals surface area contributed by atoms with Crippen LogP contribution in [0.1, 0.15) is 23.2 Å².